The van der Waals surface area contributed by atoms with Crippen LogP contribution in [0.5, 0.6) is 5.75 Å². The summed E-state index contributed by atoms with van der Waals surface area (Å²) < 4.78 is 5.21. The molecule has 1 aliphatic heterocycles. The summed E-state index contributed by atoms with van der Waals surface area (Å²) in [5.41, 5.74) is 1.66. The maximum atomic E-state index is 12.6. The third-order valence-corrected chi connectivity index (χ3v) is 5.21. The molecule has 2 amide bonds. The lowest BCUT2D eigenvalue weighted by molar-refractivity contribution is -0.132. The van der Waals surface area contributed by atoms with Gasteiger partial charge in [0, 0.05) is 49.9 Å². The van der Waals surface area contributed by atoms with E-state index in [1.54, 1.807) is 25.3 Å². The van der Waals surface area contributed by atoms with E-state index in [9.17, 15) is 9.59 Å². The number of hydrogen-bond donors (Lipinski definition) is 1. The fraction of sp³-hybridized carbons (Fsp3) is 0.364. The normalized spacial score (nSPS) is 14.5. The van der Waals surface area contributed by atoms with Gasteiger partial charge in [0.05, 0.1) is 13.5 Å². The number of ether oxygens (including phenoxy) is 1. The number of methoxy groups -OCH3 is 1. The zero-order chi connectivity index (χ0) is 20.6. The van der Waals surface area contributed by atoms with E-state index in [0.29, 0.717) is 43.2 Å². The predicted octanol–water partition coefficient (Wildman–Crippen LogP) is 3.06. The average Bonchev–Trinajstić information content (AvgIpc) is 2.73. The van der Waals surface area contributed by atoms with Gasteiger partial charge in [-0.15, -0.1) is 0 Å². The molecule has 0 spiro atoms. The number of anilines is 1. The summed E-state index contributed by atoms with van der Waals surface area (Å²) in [5, 5.41) is 3.46. The van der Waals surface area contributed by atoms with Crippen LogP contribution < -0.4 is 10.1 Å². The predicted molar refractivity (Wildman–Crippen MR) is 114 cm³/mol. The number of carbonyl (C=O) groups is 2. The second-order valence-electron chi connectivity index (χ2n) is 7.06. The van der Waals surface area contributed by atoms with E-state index in [1.165, 1.54) is 0 Å². The van der Waals surface area contributed by atoms with Crippen molar-refractivity contribution in [1.82, 2.24) is 9.80 Å². The molecule has 6 nitrogen and oxygen atoms in total. The molecule has 2 aromatic rings. The molecule has 0 aliphatic carbocycles. The Morgan fingerprint density at radius 1 is 1.07 bits per heavy atom. The van der Waals surface area contributed by atoms with Gasteiger partial charge in [-0.05, 0) is 35.9 Å². The van der Waals surface area contributed by atoms with Gasteiger partial charge < -0.3 is 15.0 Å². The largest absolute Gasteiger partial charge is 0.497 e. The van der Waals surface area contributed by atoms with Crippen molar-refractivity contribution in [3.05, 3.63) is 59.1 Å². The van der Waals surface area contributed by atoms with E-state index in [1.807, 2.05) is 35.2 Å². The highest BCUT2D eigenvalue weighted by Gasteiger charge is 2.21. The number of nitrogens with one attached hydrogen (secondary N) is 1. The minimum Gasteiger partial charge on any atom is -0.497 e. The van der Waals surface area contributed by atoms with Crippen LogP contribution in [0, 0.1) is 0 Å². The molecule has 3 rings (SSSR count). The monoisotopic (exact) mass is 415 g/mol. The lowest BCUT2D eigenvalue weighted by atomic mass is 10.1. The summed E-state index contributed by atoms with van der Waals surface area (Å²) in [7, 11) is 1.62. The summed E-state index contributed by atoms with van der Waals surface area (Å²) in [6.45, 7) is 3.57. The van der Waals surface area contributed by atoms with Crippen LogP contribution in [0.25, 0.3) is 0 Å². The van der Waals surface area contributed by atoms with Crippen molar-refractivity contribution in [3.63, 3.8) is 0 Å². The minimum absolute atomic E-state index is 0.0382. The highest BCUT2D eigenvalue weighted by Crippen LogP contribution is 2.16. The number of piperazine rings is 1. The Hall–Kier alpha value is -2.57. The first-order chi connectivity index (χ1) is 14.0. The van der Waals surface area contributed by atoms with Gasteiger partial charge >= 0.3 is 0 Å². The van der Waals surface area contributed by atoms with Crippen LogP contribution >= 0.6 is 11.6 Å². The maximum Gasteiger partial charge on any atom is 0.227 e. The molecule has 1 saturated heterocycles. The van der Waals surface area contributed by atoms with E-state index in [4.69, 9.17) is 16.3 Å². The van der Waals surface area contributed by atoms with Gasteiger partial charge in [-0.1, -0.05) is 29.8 Å². The van der Waals surface area contributed by atoms with Gasteiger partial charge in [0.15, 0.2) is 0 Å². The molecule has 0 aromatic heterocycles. The quantitative estimate of drug-likeness (QED) is 0.755. The Bertz CT molecular complexity index is 851. The second kappa shape index (κ2) is 10.3. The Morgan fingerprint density at radius 2 is 1.83 bits per heavy atom. The standard InChI is InChI=1S/C22H26ClN3O3/c1-29-20-7-2-4-17(14-20)15-22(28)26-12-10-25(11-13-26)9-8-21(27)24-19-6-3-5-18(23)16-19/h2-7,14,16H,8-13,15H2,1H3,(H,24,27). The first-order valence-corrected chi connectivity index (χ1v) is 10.1. The van der Waals surface area contributed by atoms with Gasteiger partial charge in [0.2, 0.25) is 11.8 Å². The molecule has 0 bridgehead atoms. The number of carbonyl (C=O) groups excluding carboxylic acids is 2. The van der Waals surface area contributed by atoms with E-state index in [-0.39, 0.29) is 11.8 Å². The lowest BCUT2D eigenvalue weighted by Crippen LogP contribution is -2.49. The third-order valence-electron chi connectivity index (χ3n) is 4.98. The highest BCUT2D eigenvalue weighted by atomic mass is 35.5. The van der Waals surface area contributed by atoms with Crippen molar-refractivity contribution < 1.29 is 14.3 Å². The Labute approximate surface area is 176 Å². The molecule has 154 valence electrons. The highest BCUT2D eigenvalue weighted by molar-refractivity contribution is 6.30. The first kappa shape index (κ1) is 21.1. The molecule has 2 aromatic carbocycles. The number of hydrogen-bond acceptors (Lipinski definition) is 4. The summed E-state index contributed by atoms with van der Waals surface area (Å²) in [6, 6.07) is 14.7. The second-order valence-corrected chi connectivity index (χ2v) is 7.50. The van der Waals surface area contributed by atoms with Crippen molar-refractivity contribution >= 4 is 29.1 Å². The van der Waals surface area contributed by atoms with Gasteiger partial charge in [-0.2, -0.15) is 0 Å². The number of rotatable bonds is 7. The van der Waals surface area contributed by atoms with Crippen LogP contribution in [0.4, 0.5) is 5.69 Å². The molecular formula is C22H26ClN3O3. The van der Waals surface area contributed by atoms with E-state index >= 15 is 0 Å². The first-order valence-electron chi connectivity index (χ1n) is 9.72. The number of amides is 2. The number of benzene rings is 2. The molecule has 0 atom stereocenters. The zero-order valence-electron chi connectivity index (χ0n) is 16.6. The molecule has 1 fully saturated rings. The molecule has 0 saturated carbocycles. The molecule has 0 unspecified atom stereocenters. The molecule has 0 radical (unpaired) electrons. The Balaban J connectivity index is 1.39. The van der Waals surface area contributed by atoms with Crippen LogP contribution in [-0.2, 0) is 16.0 Å². The summed E-state index contributed by atoms with van der Waals surface area (Å²) in [5.74, 6) is 0.844. The van der Waals surface area contributed by atoms with Gasteiger partial charge in [-0.25, -0.2) is 0 Å². The third kappa shape index (κ3) is 6.48. The molecule has 29 heavy (non-hydrogen) atoms. The summed E-state index contributed by atoms with van der Waals surface area (Å²) in [4.78, 5) is 28.8. The molecule has 1 heterocycles. The van der Waals surface area contributed by atoms with Crippen LogP contribution in [-0.4, -0.2) is 61.4 Å². The summed E-state index contributed by atoms with van der Waals surface area (Å²) >= 11 is 5.93. The lowest BCUT2D eigenvalue weighted by Gasteiger charge is -2.34. The number of nitrogens with zero attached hydrogens (tertiary/aromatic N) is 2. The zero-order valence-corrected chi connectivity index (χ0v) is 17.3. The Morgan fingerprint density at radius 3 is 2.55 bits per heavy atom. The van der Waals surface area contributed by atoms with E-state index < -0.39 is 0 Å². The maximum absolute atomic E-state index is 12.6. The van der Waals surface area contributed by atoms with Crippen molar-refractivity contribution in [1.29, 1.82) is 0 Å². The SMILES string of the molecule is COc1cccc(CC(=O)N2CCN(CCC(=O)Nc3cccc(Cl)c3)CC2)c1. The van der Waals surface area contributed by atoms with Crippen molar-refractivity contribution in [3.8, 4) is 5.75 Å². The van der Waals surface area contributed by atoms with Crippen LogP contribution in [0.15, 0.2) is 48.5 Å². The molecule has 1 N–H and O–H groups in total. The molecular weight excluding hydrogens is 390 g/mol. The smallest absolute Gasteiger partial charge is 0.227 e. The van der Waals surface area contributed by atoms with Crippen LogP contribution in [0.1, 0.15) is 12.0 Å². The average molecular weight is 416 g/mol. The van der Waals surface area contributed by atoms with Crippen LogP contribution in [0.3, 0.4) is 0 Å². The topological polar surface area (TPSA) is 61.9 Å². The molecule has 1 aliphatic rings. The van der Waals surface area contributed by atoms with Gasteiger partial charge in [0.1, 0.15) is 5.75 Å². The van der Waals surface area contributed by atoms with Crippen molar-refractivity contribution in [2.24, 2.45) is 0 Å². The van der Waals surface area contributed by atoms with E-state index in [0.717, 1.165) is 24.4 Å². The Kier molecular flexibility index (Phi) is 7.49. The van der Waals surface area contributed by atoms with Gasteiger partial charge in [-0.3, -0.25) is 14.5 Å². The van der Waals surface area contributed by atoms with Crippen LogP contribution in [0.2, 0.25) is 5.02 Å². The van der Waals surface area contributed by atoms with E-state index in [2.05, 4.69) is 10.2 Å². The number of halogens is 1. The van der Waals surface area contributed by atoms with Crippen molar-refractivity contribution in [2.75, 3.05) is 45.2 Å². The van der Waals surface area contributed by atoms with Crippen molar-refractivity contribution in [2.45, 2.75) is 12.8 Å². The molecule has 7 heteroatoms. The minimum atomic E-state index is -0.0382. The van der Waals surface area contributed by atoms with Gasteiger partial charge in [0.25, 0.3) is 0 Å². The fourth-order valence-corrected chi connectivity index (χ4v) is 3.53. The fourth-order valence-electron chi connectivity index (χ4n) is 3.34. The summed E-state index contributed by atoms with van der Waals surface area (Å²) in [6.07, 6.45) is 0.781.